The van der Waals surface area contributed by atoms with Gasteiger partial charge in [0, 0.05) is 31.7 Å². The smallest absolute Gasteiger partial charge is 0.185 e. The quantitative estimate of drug-likeness (QED) is 0.670. The fourth-order valence-corrected chi connectivity index (χ4v) is 4.40. The summed E-state index contributed by atoms with van der Waals surface area (Å²) >= 11 is 0. The van der Waals surface area contributed by atoms with Crippen LogP contribution in [0.25, 0.3) is 22.8 Å². The van der Waals surface area contributed by atoms with E-state index in [1.165, 1.54) is 0 Å². The number of aromatic nitrogens is 6. The van der Waals surface area contributed by atoms with Crippen LogP contribution in [0.4, 0.5) is 10.2 Å². The van der Waals surface area contributed by atoms with Crippen LogP contribution in [0.15, 0.2) is 30.7 Å². The zero-order chi connectivity index (χ0) is 20.8. The molecular weight excluding hydrogens is 387 g/mol. The second-order valence-corrected chi connectivity index (χ2v) is 8.02. The van der Waals surface area contributed by atoms with Crippen molar-refractivity contribution >= 4 is 5.82 Å². The lowest BCUT2D eigenvalue weighted by Crippen LogP contribution is -2.55. The number of fused-ring (bicyclic) bond motifs is 2. The Morgan fingerprint density at radius 3 is 2.77 bits per heavy atom. The molecular formula is C20H23FN8O. The van der Waals surface area contributed by atoms with Gasteiger partial charge < -0.3 is 15.3 Å². The fourth-order valence-electron chi connectivity index (χ4n) is 4.40. The summed E-state index contributed by atoms with van der Waals surface area (Å²) < 4.78 is 16.4. The number of aryl methyl sites for hydroxylation is 1. The first kappa shape index (κ1) is 18.9. The molecule has 4 heterocycles. The van der Waals surface area contributed by atoms with Crippen LogP contribution in [0.3, 0.4) is 0 Å². The van der Waals surface area contributed by atoms with Crippen molar-refractivity contribution in [2.24, 2.45) is 7.05 Å². The second-order valence-electron chi connectivity index (χ2n) is 8.02. The Hall–Kier alpha value is -3.14. The highest BCUT2D eigenvalue weighted by Gasteiger charge is 2.43. The van der Waals surface area contributed by atoms with E-state index in [1.54, 1.807) is 42.5 Å². The van der Waals surface area contributed by atoms with Gasteiger partial charge in [0.2, 0.25) is 0 Å². The molecule has 4 atom stereocenters. The van der Waals surface area contributed by atoms with E-state index in [0.29, 0.717) is 34.6 Å². The van der Waals surface area contributed by atoms with Gasteiger partial charge in [-0.3, -0.25) is 4.68 Å². The zero-order valence-electron chi connectivity index (χ0n) is 16.8. The largest absolute Gasteiger partial charge is 0.507 e. The predicted octanol–water partition coefficient (Wildman–Crippen LogP) is 1.71. The number of nitrogens with zero attached hydrogens (tertiary/aromatic N) is 7. The number of hydrogen-bond acceptors (Lipinski definition) is 8. The van der Waals surface area contributed by atoms with Crippen molar-refractivity contribution in [3.8, 4) is 28.5 Å². The molecule has 0 amide bonds. The zero-order valence-corrected chi connectivity index (χ0v) is 16.8. The van der Waals surface area contributed by atoms with Crippen molar-refractivity contribution in [2.75, 3.05) is 11.9 Å². The van der Waals surface area contributed by atoms with E-state index in [1.807, 2.05) is 11.9 Å². The Kier molecular flexibility index (Phi) is 4.58. The molecule has 0 radical (unpaired) electrons. The van der Waals surface area contributed by atoms with Crippen LogP contribution in [0.2, 0.25) is 0 Å². The first-order valence-corrected chi connectivity index (χ1v) is 10.0. The van der Waals surface area contributed by atoms with Gasteiger partial charge in [0.1, 0.15) is 18.2 Å². The van der Waals surface area contributed by atoms with E-state index >= 15 is 0 Å². The third-order valence-electron chi connectivity index (χ3n) is 6.06. The van der Waals surface area contributed by atoms with Gasteiger partial charge in [-0.2, -0.15) is 5.10 Å². The first-order valence-electron chi connectivity index (χ1n) is 10.0. The number of alkyl halides is 1. The Morgan fingerprint density at radius 1 is 1.20 bits per heavy atom. The van der Waals surface area contributed by atoms with Crippen LogP contribution < -0.4 is 10.2 Å². The highest BCUT2D eigenvalue weighted by atomic mass is 19.1. The van der Waals surface area contributed by atoms with Crippen molar-refractivity contribution in [1.82, 2.24) is 35.3 Å². The summed E-state index contributed by atoms with van der Waals surface area (Å²) in [7, 11) is 3.61. The van der Waals surface area contributed by atoms with E-state index in [9.17, 15) is 9.50 Å². The van der Waals surface area contributed by atoms with Crippen LogP contribution in [-0.4, -0.2) is 66.4 Å². The highest BCUT2D eigenvalue weighted by molar-refractivity contribution is 5.70. The van der Waals surface area contributed by atoms with Gasteiger partial charge in [0.15, 0.2) is 17.5 Å². The SMILES string of the molecule is CN(c1cnc(-c2ccc(-c3ncn(C)n3)cc2O)nn1)[C@H]1C[C@@H]2CC[C@H](N2)[C@H]1F. The summed E-state index contributed by atoms with van der Waals surface area (Å²) in [6, 6.07) is 5.12. The van der Waals surface area contributed by atoms with Crippen LogP contribution in [0, 0.1) is 0 Å². The van der Waals surface area contributed by atoms with Crippen molar-refractivity contribution in [3.63, 3.8) is 0 Å². The van der Waals surface area contributed by atoms with Crippen LogP contribution in [0.5, 0.6) is 5.75 Å². The topological polar surface area (TPSA) is 105 Å². The van der Waals surface area contributed by atoms with Gasteiger partial charge in [-0.25, -0.2) is 14.4 Å². The molecule has 3 aromatic rings. The maximum absolute atomic E-state index is 14.8. The van der Waals surface area contributed by atoms with E-state index < -0.39 is 6.17 Å². The first-order chi connectivity index (χ1) is 14.5. The standard InChI is InChI=1S/C20H23FN8O/c1-28-10-23-19(27-28)11-3-5-13(16(30)7-11)20-22-9-17(25-26-20)29(2)15-8-12-4-6-14(24-12)18(15)21/h3,5,7,9-10,12,14-15,18,24,30H,4,6,8H2,1-2H3/t12-,14-,15-,18+/m0/s1. The number of phenols is 1. The molecule has 5 rings (SSSR count). The molecule has 2 aromatic heterocycles. The summed E-state index contributed by atoms with van der Waals surface area (Å²) in [5.41, 5.74) is 1.15. The number of benzene rings is 1. The number of rotatable bonds is 4. The minimum absolute atomic E-state index is 0.0154. The van der Waals surface area contributed by atoms with Gasteiger partial charge >= 0.3 is 0 Å². The van der Waals surface area contributed by atoms with Gasteiger partial charge in [-0.1, -0.05) is 6.07 Å². The van der Waals surface area contributed by atoms with E-state index in [2.05, 4.69) is 30.6 Å². The number of piperidine rings is 1. The van der Waals surface area contributed by atoms with Gasteiger partial charge in [0.25, 0.3) is 0 Å². The molecule has 156 valence electrons. The molecule has 2 N–H and O–H groups in total. The number of nitrogens with one attached hydrogen (secondary N) is 1. The summed E-state index contributed by atoms with van der Waals surface area (Å²) in [6.45, 7) is 0. The summed E-state index contributed by atoms with van der Waals surface area (Å²) in [5.74, 6) is 1.35. The van der Waals surface area contributed by atoms with Crippen molar-refractivity contribution < 1.29 is 9.50 Å². The number of phenolic OH excluding ortho intramolecular Hbond substituents is 1. The number of hydrogen-bond donors (Lipinski definition) is 2. The van der Waals surface area contributed by atoms with Gasteiger partial charge in [0.05, 0.1) is 17.8 Å². The minimum atomic E-state index is -0.952. The average Bonchev–Trinajstić information content (AvgIpc) is 3.37. The third kappa shape index (κ3) is 3.26. The molecule has 2 aliphatic heterocycles. The molecule has 0 unspecified atom stereocenters. The lowest BCUT2D eigenvalue weighted by molar-refractivity contribution is 0.176. The molecule has 30 heavy (non-hydrogen) atoms. The van der Waals surface area contributed by atoms with Crippen LogP contribution in [0.1, 0.15) is 19.3 Å². The summed E-state index contributed by atoms with van der Waals surface area (Å²) in [5, 5.41) is 26.5. The molecule has 2 bridgehead atoms. The Morgan fingerprint density at radius 2 is 2.07 bits per heavy atom. The van der Waals surface area contributed by atoms with Crippen LogP contribution in [-0.2, 0) is 7.05 Å². The normalized spacial score (nSPS) is 25.4. The number of anilines is 1. The summed E-state index contributed by atoms with van der Waals surface area (Å²) in [6.07, 6.45) is 4.85. The summed E-state index contributed by atoms with van der Waals surface area (Å²) in [4.78, 5) is 10.4. The monoisotopic (exact) mass is 410 g/mol. The highest BCUT2D eigenvalue weighted by Crippen LogP contribution is 2.34. The Bertz CT molecular complexity index is 1060. The fraction of sp³-hybridized carbons (Fsp3) is 0.450. The van der Waals surface area contributed by atoms with Gasteiger partial charge in [-0.15, -0.1) is 10.2 Å². The van der Waals surface area contributed by atoms with E-state index in [-0.39, 0.29) is 17.8 Å². The molecule has 2 saturated heterocycles. The molecule has 0 saturated carbocycles. The lowest BCUT2D eigenvalue weighted by atomic mass is 9.96. The minimum Gasteiger partial charge on any atom is -0.507 e. The molecule has 1 aromatic carbocycles. The van der Waals surface area contributed by atoms with E-state index in [4.69, 9.17) is 0 Å². The van der Waals surface area contributed by atoms with Crippen molar-refractivity contribution in [2.45, 2.75) is 43.6 Å². The number of aromatic hydroxyl groups is 1. The third-order valence-corrected chi connectivity index (χ3v) is 6.06. The second kappa shape index (κ2) is 7.28. The molecule has 2 aliphatic rings. The van der Waals surface area contributed by atoms with Crippen molar-refractivity contribution in [3.05, 3.63) is 30.7 Å². The molecule has 0 aliphatic carbocycles. The Balaban J connectivity index is 1.36. The Labute approximate surface area is 173 Å². The van der Waals surface area contributed by atoms with E-state index in [0.717, 1.165) is 19.3 Å². The molecule has 0 spiro atoms. The van der Waals surface area contributed by atoms with Crippen molar-refractivity contribution in [1.29, 1.82) is 0 Å². The van der Waals surface area contributed by atoms with Crippen LogP contribution >= 0.6 is 0 Å². The molecule has 10 heteroatoms. The predicted molar refractivity (Wildman–Crippen MR) is 109 cm³/mol. The molecule has 9 nitrogen and oxygen atoms in total. The molecule has 2 fully saturated rings. The maximum atomic E-state index is 14.8. The maximum Gasteiger partial charge on any atom is 0.185 e. The van der Waals surface area contributed by atoms with Gasteiger partial charge in [-0.05, 0) is 31.4 Å². The lowest BCUT2D eigenvalue weighted by Gasteiger charge is -2.38. The number of halogens is 1. The average molecular weight is 410 g/mol.